The van der Waals surface area contributed by atoms with Crippen molar-refractivity contribution in [2.75, 3.05) is 13.1 Å². The maximum atomic E-state index is 13.6. The lowest BCUT2D eigenvalue weighted by Gasteiger charge is -2.31. The van der Waals surface area contributed by atoms with E-state index in [9.17, 15) is 8.78 Å². The molecule has 0 bridgehead atoms. The van der Waals surface area contributed by atoms with Crippen LogP contribution in [0, 0.1) is 11.6 Å². The first-order valence-corrected chi connectivity index (χ1v) is 6.12. The molecule has 94 valence electrons. The number of nitrogens with one attached hydrogen (secondary N) is 2. The molecule has 1 aromatic rings. The van der Waals surface area contributed by atoms with Crippen molar-refractivity contribution in [2.45, 2.75) is 31.8 Å². The first-order valence-electron chi connectivity index (χ1n) is 6.12. The van der Waals surface area contributed by atoms with E-state index in [0.29, 0.717) is 11.6 Å². The standard InChI is InChI=1S/C13H18F2N2/c1-2-16-10-5-6-17-13(8-10)11-7-9(14)3-4-12(11)15/h3-4,7,10,13,16-17H,2,5-6,8H2,1H3/t10-,13+/m1/s1. The maximum absolute atomic E-state index is 13.6. The molecule has 2 rings (SSSR count). The molecular weight excluding hydrogens is 222 g/mol. The van der Waals surface area contributed by atoms with E-state index in [1.165, 1.54) is 12.1 Å². The average molecular weight is 240 g/mol. The Balaban J connectivity index is 2.13. The van der Waals surface area contributed by atoms with Gasteiger partial charge in [-0.3, -0.25) is 0 Å². The molecule has 0 aliphatic carbocycles. The third kappa shape index (κ3) is 3.01. The smallest absolute Gasteiger partial charge is 0.128 e. The van der Waals surface area contributed by atoms with Gasteiger partial charge in [0, 0.05) is 17.6 Å². The summed E-state index contributed by atoms with van der Waals surface area (Å²) in [4.78, 5) is 0. The Hall–Kier alpha value is -1.00. The van der Waals surface area contributed by atoms with Crippen LogP contribution in [0.5, 0.6) is 0 Å². The van der Waals surface area contributed by atoms with E-state index in [1.54, 1.807) is 0 Å². The van der Waals surface area contributed by atoms with E-state index in [2.05, 4.69) is 17.6 Å². The molecule has 0 saturated carbocycles. The highest BCUT2D eigenvalue weighted by Gasteiger charge is 2.24. The van der Waals surface area contributed by atoms with Crippen LogP contribution in [-0.2, 0) is 0 Å². The van der Waals surface area contributed by atoms with Gasteiger partial charge in [-0.25, -0.2) is 8.78 Å². The zero-order chi connectivity index (χ0) is 12.3. The minimum Gasteiger partial charge on any atom is -0.314 e. The molecule has 1 aliphatic heterocycles. The van der Waals surface area contributed by atoms with Crippen LogP contribution in [-0.4, -0.2) is 19.1 Å². The lowest BCUT2D eigenvalue weighted by Crippen LogP contribution is -2.42. The van der Waals surface area contributed by atoms with Gasteiger partial charge in [0.15, 0.2) is 0 Å². The molecule has 0 aromatic heterocycles. The molecule has 2 atom stereocenters. The molecule has 1 aliphatic rings. The van der Waals surface area contributed by atoms with Crippen LogP contribution in [0.15, 0.2) is 18.2 Å². The second kappa shape index (κ2) is 5.56. The largest absolute Gasteiger partial charge is 0.314 e. The van der Waals surface area contributed by atoms with Crippen molar-refractivity contribution >= 4 is 0 Å². The Bertz CT molecular complexity index is 380. The molecule has 1 heterocycles. The average Bonchev–Trinajstić information content (AvgIpc) is 2.33. The number of benzene rings is 1. The first-order chi connectivity index (χ1) is 8.20. The summed E-state index contributed by atoms with van der Waals surface area (Å²) in [5.74, 6) is -0.713. The van der Waals surface area contributed by atoms with Crippen molar-refractivity contribution in [3.63, 3.8) is 0 Å². The van der Waals surface area contributed by atoms with Crippen LogP contribution >= 0.6 is 0 Å². The molecular formula is C13H18F2N2. The Kier molecular flexibility index (Phi) is 4.07. The number of piperidine rings is 1. The van der Waals surface area contributed by atoms with E-state index in [-0.39, 0.29) is 17.7 Å². The molecule has 2 N–H and O–H groups in total. The van der Waals surface area contributed by atoms with Gasteiger partial charge in [0.25, 0.3) is 0 Å². The fraction of sp³-hybridized carbons (Fsp3) is 0.538. The van der Waals surface area contributed by atoms with Crippen LogP contribution in [0.25, 0.3) is 0 Å². The summed E-state index contributed by atoms with van der Waals surface area (Å²) in [7, 11) is 0. The van der Waals surface area contributed by atoms with Crippen molar-refractivity contribution in [2.24, 2.45) is 0 Å². The number of hydrogen-bond acceptors (Lipinski definition) is 2. The van der Waals surface area contributed by atoms with Gasteiger partial charge in [0.05, 0.1) is 0 Å². The number of halogens is 2. The van der Waals surface area contributed by atoms with Gasteiger partial charge in [-0.05, 0) is 44.1 Å². The summed E-state index contributed by atoms with van der Waals surface area (Å²) >= 11 is 0. The quantitative estimate of drug-likeness (QED) is 0.847. The zero-order valence-electron chi connectivity index (χ0n) is 9.97. The van der Waals surface area contributed by atoms with Gasteiger partial charge in [-0.2, -0.15) is 0 Å². The first kappa shape index (κ1) is 12.5. The lowest BCUT2D eigenvalue weighted by atomic mass is 9.93. The van der Waals surface area contributed by atoms with Gasteiger partial charge in [-0.1, -0.05) is 6.92 Å². The minimum absolute atomic E-state index is 0.0940. The van der Waals surface area contributed by atoms with E-state index in [4.69, 9.17) is 0 Å². The Labute approximate surface area is 100 Å². The van der Waals surface area contributed by atoms with Crippen molar-refractivity contribution in [3.8, 4) is 0 Å². The lowest BCUT2D eigenvalue weighted by molar-refractivity contribution is 0.321. The zero-order valence-corrected chi connectivity index (χ0v) is 9.97. The Morgan fingerprint density at radius 3 is 3.00 bits per heavy atom. The third-order valence-corrected chi connectivity index (χ3v) is 3.23. The fourth-order valence-electron chi connectivity index (χ4n) is 2.41. The van der Waals surface area contributed by atoms with Crippen LogP contribution in [0.4, 0.5) is 8.78 Å². The molecule has 1 aromatic carbocycles. The van der Waals surface area contributed by atoms with Crippen molar-refractivity contribution in [1.82, 2.24) is 10.6 Å². The van der Waals surface area contributed by atoms with Gasteiger partial charge in [0.2, 0.25) is 0 Å². The van der Waals surface area contributed by atoms with Gasteiger partial charge >= 0.3 is 0 Å². The normalized spacial score (nSPS) is 24.9. The highest BCUT2D eigenvalue weighted by molar-refractivity contribution is 5.23. The molecule has 0 spiro atoms. The maximum Gasteiger partial charge on any atom is 0.128 e. The predicted octanol–water partition coefficient (Wildman–Crippen LogP) is 2.37. The second-order valence-electron chi connectivity index (χ2n) is 4.45. The minimum atomic E-state index is -0.381. The summed E-state index contributed by atoms with van der Waals surface area (Å²) < 4.78 is 26.8. The van der Waals surface area contributed by atoms with Gasteiger partial charge in [-0.15, -0.1) is 0 Å². The highest BCUT2D eigenvalue weighted by atomic mass is 19.1. The van der Waals surface area contributed by atoms with Crippen LogP contribution in [0.2, 0.25) is 0 Å². The van der Waals surface area contributed by atoms with E-state index >= 15 is 0 Å². The number of hydrogen-bond donors (Lipinski definition) is 2. The molecule has 0 unspecified atom stereocenters. The molecule has 0 radical (unpaired) electrons. The van der Waals surface area contributed by atoms with Crippen LogP contribution in [0.1, 0.15) is 31.4 Å². The monoisotopic (exact) mass is 240 g/mol. The second-order valence-corrected chi connectivity index (χ2v) is 4.45. The van der Waals surface area contributed by atoms with Gasteiger partial charge in [0.1, 0.15) is 11.6 Å². The van der Waals surface area contributed by atoms with Gasteiger partial charge < -0.3 is 10.6 Å². The van der Waals surface area contributed by atoms with Crippen molar-refractivity contribution in [1.29, 1.82) is 0 Å². The molecule has 1 fully saturated rings. The van der Waals surface area contributed by atoms with E-state index in [1.807, 2.05) is 0 Å². The third-order valence-electron chi connectivity index (χ3n) is 3.23. The molecule has 17 heavy (non-hydrogen) atoms. The predicted molar refractivity (Wildman–Crippen MR) is 63.8 cm³/mol. The summed E-state index contributed by atoms with van der Waals surface area (Å²) in [5, 5.41) is 6.61. The van der Waals surface area contributed by atoms with Crippen molar-refractivity contribution < 1.29 is 8.78 Å². The molecule has 4 heteroatoms. The fourth-order valence-corrected chi connectivity index (χ4v) is 2.41. The van der Waals surface area contributed by atoms with Crippen molar-refractivity contribution in [3.05, 3.63) is 35.4 Å². The van der Waals surface area contributed by atoms with E-state index in [0.717, 1.165) is 32.0 Å². The molecule has 2 nitrogen and oxygen atoms in total. The van der Waals surface area contributed by atoms with Crippen LogP contribution in [0.3, 0.4) is 0 Å². The summed E-state index contributed by atoms with van der Waals surface area (Å²) in [5.41, 5.74) is 0.438. The molecule has 1 saturated heterocycles. The summed E-state index contributed by atoms with van der Waals surface area (Å²) in [6.07, 6.45) is 1.83. The Morgan fingerprint density at radius 2 is 2.24 bits per heavy atom. The molecule has 0 amide bonds. The SMILES string of the molecule is CCN[C@@H]1CCN[C@H](c2cc(F)ccc2F)C1. The van der Waals surface area contributed by atoms with Crippen LogP contribution < -0.4 is 10.6 Å². The topological polar surface area (TPSA) is 24.1 Å². The number of rotatable bonds is 3. The summed E-state index contributed by atoms with van der Waals surface area (Å²) in [6, 6.07) is 3.94. The highest BCUT2D eigenvalue weighted by Crippen LogP contribution is 2.26. The Morgan fingerprint density at radius 1 is 1.41 bits per heavy atom. The summed E-state index contributed by atoms with van der Waals surface area (Å²) in [6.45, 7) is 3.79. The van der Waals surface area contributed by atoms with E-state index < -0.39 is 0 Å².